The van der Waals surface area contributed by atoms with Crippen LogP contribution in [0.2, 0.25) is 5.02 Å². The van der Waals surface area contributed by atoms with E-state index in [4.69, 9.17) is 11.6 Å². The van der Waals surface area contributed by atoms with Gasteiger partial charge in [-0.15, -0.1) is 11.3 Å². The van der Waals surface area contributed by atoms with Gasteiger partial charge in [-0.3, -0.25) is 0 Å². The monoisotopic (exact) mass is 446 g/mol. The second-order valence-corrected chi connectivity index (χ2v) is 8.95. The van der Waals surface area contributed by atoms with E-state index in [1.807, 2.05) is 0 Å². The molecule has 1 aromatic heterocycles. The molecule has 1 N–H and O–H groups in total. The Bertz CT molecular complexity index is 1100. The van der Waals surface area contributed by atoms with Crippen LogP contribution in [0.15, 0.2) is 42.5 Å². The summed E-state index contributed by atoms with van der Waals surface area (Å²) in [5.41, 5.74) is 3.91. The van der Waals surface area contributed by atoms with Crippen LogP contribution >= 0.6 is 22.9 Å². The number of hydrogen-bond acceptors (Lipinski definition) is 2. The minimum Gasteiger partial charge on any atom is -0.312 e. The topological polar surface area (TPSA) is 32.3 Å². The molecule has 0 radical (unpaired) electrons. The maximum Gasteiger partial charge on any atom is 0.322 e. The normalized spacial score (nSPS) is 15.8. The van der Waals surface area contributed by atoms with Gasteiger partial charge in [-0.05, 0) is 66.8 Å². The number of carbonyl (C=O) groups excluding carboxylic acids is 1. The lowest BCUT2D eigenvalue weighted by atomic mass is 9.92. The van der Waals surface area contributed by atoms with E-state index in [1.54, 1.807) is 28.4 Å². The summed E-state index contributed by atoms with van der Waals surface area (Å²) in [5.74, 6) is -0.856. The number of aryl methyl sites for hydroxylation is 1. The van der Waals surface area contributed by atoms with E-state index in [0.29, 0.717) is 12.2 Å². The standard InChI is InChI=1S/C23H21ClF2N2OS/c1-3-17-13(2)30-22-18(17)10-11-28(21(22)14-4-6-15(25)7-5-14)23(29)27-16-8-9-20(26)19(24)12-16/h4-9,12,21H,3,10-11H2,1-2H3,(H,27,29)/t21-/m1/s1. The van der Waals surface area contributed by atoms with Crippen molar-refractivity contribution in [3.63, 3.8) is 0 Å². The minimum atomic E-state index is -0.539. The lowest BCUT2D eigenvalue weighted by Gasteiger charge is -2.36. The molecule has 156 valence electrons. The molecule has 0 unspecified atom stereocenters. The second kappa shape index (κ2) is 8.36. The Kier molecular flexibility index (Phi) is 5.80. The summed E-state index contributed by atoms with van der Waals surface area (Å²) < 4.78 is 27.0. The van der Waals surface area contributed by atoms with Crippen molar-refractivity contribution in [2.75, 3.05) is 11.9 Å². The third kappa shape index (κ3) is 3.82. The molecule has 0 fully saturated rings. The number of urea groups is 1. The van der Waals surface area contributed by atoms with Gasteiger partial charge >= 0.3 is 6.03 Å². The zero-order chi connectivity index (χ0) is 21.4. The molecule has 2 amide bonds. The first-order valence-electron chi connectivity index (χ1n) is 9.78. The van der Waals surface area contributed by atoms with E-state index in [0.717, 1.165) is 23.3 Å². The molecular weight excluding hydrogens is 426 g/mol. The molecule has 0 aliphatic carbocycles. The number of halogens is 3. The van der Waals surface area contributed by atoms with E-state index in [-0.39, 0.29) is 22.9 Å². The SMILES string of the molecule is CCc1c(C)sc2c1CCN(C(=O)Nc1ccc(F)c(Cl)c1)[C@@H]2c1ccc(F)cc1. The molecule has 3 aromatic rings. The molecule has 4 rings (SSSR count). The highest BCUT2D eigenvalue weighted by Gasteiger charge is 2.35. The number of hydrogen-bond donors (Lipinski definition) is 1. The zero-order valence-electron chi connectivity index (χ0n) is 16.6. The van der Waals surface area contributed by atoms with Gasteiger partial charge in [0.15, 0.2) is 0 Å². The number of nitrogens with zero attached hydrogens (tertiary/aromatic N) is 1. The van der Waals surface area contributed by atoms with Crippen LogP contribution < -0.4 is 5.32 Å². The number of thiophene rings is 1. The number of benzene rings is 2. The van der Waals surface area contributed by atoms with Gasteiger partial charge in [-0.1, -0.05) is 30.7 Å². The van der Waals surface area contributed by atoms with E-state index < -0.39 is 5.82 Å². The Balaban J connectivity index is 1.72. The summed E-state index contributed by atoms with van der Waals surface area (Å²) in [7, 11) is 0. The smallest absolute Gasteiger partial charge is 0.312 e. The fourth-order valence-corrected chi connectivity index (χ4v) is 5.70. The lowest BCUT2D eigenvalue weighted by molar-refractivity contribution is 0.195. The molecule has 2 aromatic carbocycles. The van der Waals surface area contributed by atoms with Crippen LogP contribution in [0.1, 0.15) is 39.4 Å². The first-order chi connectivity index (χ1) is 14.4. The molecule has 1 atom stereocenters. The highest BCUT2D eigenvalue weighted by molar-refractivity contribution is 7.12. The van der Waals surface area contributed by atoms with Crippen molar-refractivity contribution in [3.05, 3.63) is 85.6 Å². The number of carbonyl (C=O) groups is 1. The average molecular weight is 447 g/mol. The van der Waals surface area contributed by atoms with Gasteiger partial charge in [0.25, 0.3) is 0 Å². The summed E-state index contributed by atoms with van der Waals surface area (Å²) in [4.78, 5) is 17.3. The second-order valence-electron chi connectivity index (χ2n) is 7.29. The molecule has 30 heavy (non-hydrogen) atoms. The number of amides is 2. The summed E-state index contributed by atoms with van der Waals surface area (Å²) in [6.07, 6.45) is 1.70. The molecule has 7 heteroatoms. The van der Waals surface area contributed by atoms with Gasteiger partial charge in [0.2, 0.25) is 0 Å². The van der Waals surface area contributed by atoms with Crippen molar-refractivity contribution in [2.24, 2.45) is 0 Å². The highest BCUT2D eigenvalue weighted by Crippen LogP contribution is 2.43. The van der Waals surface area contributed by atoms with Gasteiger partial charge < -0.3 is 10.2 Å². The third-order valence-electron chi connectivity index (χ3n) is 5.48. The van der Waals surface area contributed by atoms with Gasteiger partial charge in [0.1, 0.15) is 11.6 Å². The van der Waals surface area contributed by atoms with Crippen molar-refractivity contribution in [1.29, 1.82) is 0 Å². The predicted octanol–water partition coefficient (Wildman–Crippen LogP) is 6.73. The van der Waals surface area contributed by atoms with Crippen molar-refractivity contribution in [1.82, 2.24) is 4.90 Å². The average Bonchev–Trinajstić information content (AvgIpc) is 3.05. The number of anilines is 1. The van der Waals surface area contributed by atoms with Gasteiger partial charge in [0, 0.05) is 22.0 Å². The first kappa shape index (κ1) is 20.8. The van der Waals surface area contributed by atoms with Crippen LogP contribution in [-0.2, 0) is 12.8 Å². The molecule has 3 nitrogen and oxygen atoms in total. The zero-order valence-corrected chi connectivity index (χ0v) is 18.2. The molecule has 0 saturated carbocycles. The molecule has 1 aliphatic rings. The summed E-state index contributed by atoms with van der Waals surface area (Å²) >= 11 is 7.55. The Labute approximate surface area is 183 Å². The summed E-state index contributed by atoms with van der Waals surface area (Å²) in [5, 5.41) is 2.77. The Morgan fingerprint density at radius 2 is 1.97 bits per heavy atom. The van der Waals surface area contributed by atoms with Crippen LogP contribution in [0.4, 0.5) is 19.3 Å². The van der Waals surface area contributed by atoms with Crippen LogP contribution in [-0.4, -0.2) is 17.5 Å². The summed E-state index contributed by atoms with van der Waals surface area (Å²) in [6.45, 7) is 4.77. The van der Waals surface area contributed by atoms with Crippen molar-refractivity contribution in [3.8, 4) is 0 Å². The molecule has 0 bridgehead atoms. The molecule has 2 heterocycles. The molecule has 1 aliphatic heterocycles. The Morgan fingerprint density at radius 1 is 1.23 bits per heavy atom. The summed E-state index contributed by atoms with van der Waals surface area (Å²) in [6, 6.07) is 9.76. The van der Waals surface area contributed by atoms with Crippen molar-refractivity contribution in [2.45, 2.75) is 32.7 Å². The Hall–Kier alpha value is -2.44. The maximum atomic E-state index is 13.6. The van der Waals surface area contributed by atoms with Crippen LogP contribution in [0.3, 0.4) is 0 Å². The van der Waals surface area contributed by atoms with Gasteiger partial charge in [-0.25, -0.2) is 13.6 Å². The van der Waals surface area contributed by atoms with Crippen molar-refractivity contribution >= 4 is 34.7 Å². The molecule has 0 saturated heterocycles. The number of nitrogens with one attached hydrogen (secondary N) is 1. The highest BCUT2D eigenvalue weighted by atomic mass is 35.5. The fraction of sp³-hybridized carbons (Fsp3) is 0.261. The minimum absolute atomic E-state index is 0.0507. The first-order valence-corrected chi connectivity index (χ1v) is 11.0. The van der Waals surface area contributed by atoms with E-state index in [1.165, 1.54) is 46.3 Å². The lowest BCUT2D eigenvalue weighted by Crippen LogP contribution is -2.42. The Morgan fingerprint density at radius 3 is 2.63 bits per heavy atom. The van der Waals surface area contributed by atoms with Gasteiger partial charge in [-0.2, -0.15) is 0 Å². The predicted molar refractivity (Wildman–Crippen MR) is 118 cm³/mol. The van der Waals surface area contributed by atoms with Crippen LogP contribution in [0, 0.1) is 18.6 Å². The molecular formula is C23H21ClF2N2OS. The third-order valence-corrected chi connectivity index (χ3v) is 7.02. The van der Waals surface area contributed by atoms with E-state index in [2.05, 4.69) is 19.2 Å². The van der Waals surface area contributed by atoms with Gasteiger partial charge in [0.05, 0.1) is 11.1 Å². The fourth-order valence-electron chi connectivity index (χ4n) is 4.07. The van der Waals surface area contributed by atoms with E-state index in [9.17, 15) is 13.6 Å². The maximum absolute atomic E-state index is 13.6. The van der Waals surface area contributed by atoms with Crippen LogP contribution in [0.25, 0.3) is 0 Å². The molecule has 0 spiro atoms. The number of fused-ring (bicyclic) bond motifs is 1. The van der Waals surface area contributed by atoms with Crippen LogP contribution in [0.5, 0.6) is 0 Å². The number of rotatable bonds is 3. The van der Waals surface area contributed by atoms with E-state index >= 15 is 0 Å². The quantitative estimate of drug-likeness (QED) is 0.475. The van der Waals surface area contributed by atoms with Crippen molar-refractivity contribution < 1.29 is 13.6 Å². The largest absolute Gasteiger partial charge is 0.322 e.